The average Bonchev–Trinajstić information content (AvgIpc) is 3.66. The summed E-state index contributed by atoms with van der Waals surface area (Å²) in [4.78, 5) is 55.9. The molecule has 5 heterocycles. The van der Waals surface area contributed by atoms with Gasteiger partial charge in [0.1, 0.15) is 17.4 Å². The van der Waals surface area contributed by atoms with Gasteiger partial charge in [0.05, 0.1) is 28.3 Å². The number of benzene rings is 2. The van der Waals surface area contributed by atoms with Crippen molar-refractivity contribution < 1.29 is 36.3 Å². The van der Waals surface area contributed by atoms with Crippen LogP contribution in [0.1, 0.15) is 90.3 Å². The number of nitrogens with zero attached hydrogens (tertiary/aromatic N) is 6. The number of aromatic nitrogens is 5. The predicted molar refractivity (Wildman–Crippen MR) is 191 cm³/mol. The number of carbonyl (C=O) groups is 3. The smallest absolute Gasteiger partial charge is 0.320 e. The Hall–Kier alpha value is -5.45. The number of pyridine rings is 1. The van der Waals surface area contributed by atoms with E-state index >= 15 is 0 Å². The van der Waals surface area contributed by atoms with Crippen molar-refractivity contribution in [1.29, 1.82) is 0 Å². The molecule has 2 aliphatic heterocycles. The molecule has 288 valence electrons. The van der Waals surface area contributed by atoms with E-state index in [1.54, 1.807) is 22.5 Å². The van der Waals surface area contributed by atoms with Crippen LogP contribution in [0.3, 0.4) is 0 Å². The molecule has 5 aromatic rings. The average molecular weight is 765 g/mol. The summed E-state index contributed by atoms with van der Waals surface area (Å²) >= 11 is 0. The molecule has 3 aliphatic rings. The molecule has 0 radical (unpaired) electrons. The van der Waals surface area contributed by atoms with Gasteiger partial charge in [0.15, 0.2) is 0 Å². The zero-order chi connectivity index (χ0) is 38.8. The topological polar surface area (TPSA) is 136 Å². The number of imide groups is 1. The van der Waals surface area contributed by atoms with Gasteiger partial charge in [-0.15, -0.1) is 0 Å². The molecule has 17 heteroatoms. The Kier molecular flexibility index (Phi) is 9.30. The lowest BCUT2D eigenvalue weighted by Gasteiger charge is -2.42. The fourth-order valence-electron chi connectivity index (χ4n) is 8.24. The first-order chi connectivity index (χ1) is 26.2. The Bertz CT molecular complexity index is 2390. The summed E-state index contributed by atoms with van der Waals surface area (Å²) in [6.07, 6.45) is -1.93. The number of imidazole rings is 1. The zero-order valence-corrected chi connectivity index (χ0v) is 29.7. The number of aryl methyl sites for hydroxylation is 1. The third-order valence-electron chi connectivity index (χ3n) is 11.2. The van der Waals surface area contributed by atoms with Crippen molar-refractivity contribution in [2.24, 2.45) is 13.0 Å². The van der Waals surface area contributed by atoms with Gasteiger partial charge in [0, 0.05) is 56.2 Å². The molecular formula is C38H37F5N8O4. The second-order valence-electron chi connectivity index (χ2n) is 14.8. The molecule has 0 bridgehead atoms. The molecule has 55 heavy (non-hydrogen) atoms. The van der Waals surface area contributed by atoms with Gasteiger partial charge in [-0.2, -0.15) is 18.3 Å². The standard InChI is InChI=1S/C38H37F5N8O4/c1-48-31-14-21(7-10-29(31)51(37(48)55)30-11-12-33(52)46-36(30)54)23-17-49(18-23)16-20-5-8-24(9-6-20)50-19-22-13-28(25(34(39)40)15-27(22)47-50)45-35(53)26-3-2-4-32(44-26)38(41,42)43/h2-4,7,10,13-15,19-20,23-24,30,34H,5-6,8-9,11-12,16-18H2,1H3,(H,45,53)(H,46,52,54). The number of piperidine rings is 1. The highest BCUT2D eigenvalue weighted by Crippen LogP contribution is 2.38. The number of nitrogens with one attached hydrogen (secondary N) is 2. The predicted octanol–water partition coefficient (Wildman–Crippen LogP) is 6.10. The number of carbonyl (C=O) groups excluding carboxylic acids is 3. The number of halogens is 5. The minimum atomic E-state index is -4.77. The second kappa shape index (κ2) is 14.0. The number of alkyl halides is 5. The molecule has 1 unspecified atom stereocenters. The Morgan fingerprint density at radius 2 is 1.75 bits per heavy atom. The Morgan fingerprint density at radius 1 is 0.982 bits per heavy atom. The molecule has 2 aromatic carbocycles. The van der Waals surface area contributed by atoms with Gasteiger partial charge in [-0.05, 0) is 80.0 Å². The molecule has 2 N–H and O–H groups in total. The Labute approximate surface area is 310 Å². The van der Waals surface area contributed by atoms with E-state index in [2.05, 4.69) is 25.6 Å². The van der Waals surface area contributed by atoms with Crippen LogP contribution in [0.5, 0.6) is 0 Å². The summed E-state index contributed by atoms with van der Waals surface area (Å²) in [7, 11) is 1.69. The highest BCUT2D eigenvalue weighted by molar-refractivity contribution is 6.04. The fraction of sp³-hybridized carbons (Fsp3) is 0.421. The molecule has 12 nitrogen and oxygen atoms in total. The third kappa shape index (κ3) is 7.00. The van der Waals surface area contributed by atoms with Crippen molar-refractivity contribution in [3.63, 3.8) is 0 Å². The van der Waals surface area contributed by atoms with Gasteiger partial charge in [-0.1, -0.05) is 12.1 Å². The lowest BCUT2D eigenvalue weighted by atomic mass is 9.83. The monoisotopic (exact) mass is 764 g/mol. The van der Waals surface area contributed by atoms with E-state index in [0.29, 0.717) is 28.3 Å². The first-order valence-electron chi connectivity index (χ1n) is 18.2. The normalized spacial score (nSPS) is 21.3. The minimum absolute atomic E-state index is 0.0565. The molecule has 3 aromatic heterocycles. The van der Waals surface area contributed by atoms with E-state index in [1.165, 1.54) is 16.7 Å². The largest absolute Gasteiger partial charge is 0.433 e. The summed E-state index contributed by atoms with van der Waals surface area (Å²) in [6, 6.07) is 10.7. The summed E-state index contributed by atoms with van der Waals surface area (Å²) in [6.45, 7) is 2.71. The van der Waals surface area contributed by atoms with Crippen LogP contribution in [0, 0.1) is 5.92 Å². The third-order valence-corrected chi connectivity index (χ3v) is 11.2. The fourth-order valence-corrected chi connectivity index (χ4v) is 8.24. The van der Waals surface area contributed by atoms with Crippen LogP contribution in [0.15, 0.2) is 59.5 Å². The van der Waals surface area contributed by atoms with Crippen LogP contribution in [0.4, 0.5) is 27.6 Å². The maximum absolute atomic E-state index is 14.1. The number of hydrogen-bond acceptors (Lipinski definition) is 7. The van der Waals surface area contributed by atoms with Gasteiger partial charge in [-0.25, -0.2) is 18.6 Å². The highest BCUT2D eigenvalue weighted by Gasteiger charge is 2.35. The van der Waals surface area contributed by atoms with E-state index in [1.807, 2.05) is 18.2 Å². The van der Waals surface area contributed by atoms with Gasteiger partial charge in [0.25, 0.3) is 12.3 Å². The van der Waals surface area contributed by atoms with Crippen molar-refractivity contribution in [1.82, 2.24) is 34.1 Å². The molecule has 3 amide bonds. The SMILES string of the molecule is Cn1c(=O)n(C2CCC(=O)NC2=O)c2ccc(C3CN(CC4CCC(n5cc6cc(NC(=O)c7cccc(C(F)(F)F)n7)c(C(F)F)cc6n5)CC4)C3)cc21. The van der Waals surface area contributed by atoms with Crippen LogP contribution in [0.25, 0.3) is 21.9 Å². The van der Waals surface area contributed by atoms with Gasteiger partial charge in [-0.3, -0.25) is 33.5 Å². The quantitative estimate of drug-likeness (QED) is 0.144. The van der Waals surface area contributed by atoms with Crippen LogP contribution < -0.4 is 16.3 Å². The minimum Gasteiger partial charge on any atom is -0.320 e. The van der Waals surface area contributed by atoms with E-state index in [9.17, 15) is 41.1 Å². The number of amides is 3. The van der Waals surface area contributed by atoms with Gasteiger partial charge >= 0.3 is 11.9 Å². The number of hydrogen-bond donors (Lipinski definition) is 2. The van der Waals surface area contributed by atoms with Crippen molar-refractivity contribution in [2.75, 3.05) is 25.0 Å². The van der Waals surface area contributed by atoms with E-state index < -0.39 is 47.4 Å². The highest BCUT2D eigenvalue weighted by atomic mass is 19.4. The Balaban J connectivity index is 0.879. The van der Waals surface area contributed by atoms with Gasteiger partial charge in [0.2, 0.25) is 11.8 Å². The molecule has 8 rings (SSSR count). The van der Waals surface area contributed by atoms with Crippen molar-refractivity contribution >= 4 is 45.3 Å². The first kappa shape index (κ1) is 36.5. The van der Waals surface area contributed by atoms with E-state index in [-0.39, 0.29) is 36.2 Å². The molecule has 1 aliphatic carbocycles. The van der Waals surface area contributed by atoms with E-state index in [4.69, 9.17) is 0 Å². The molecule has 1 atom stereocenters. The number of anilines is 1. The Morgan fingerprint density at radius 3 is 2.45 bits per heavy atom. The zero-order valence-electron chi connectivity index (χ0n) is 29.7. The van der Waals surface area contributed by atoms with E-state index in [0.717, 1.165) is 74.6 Å². The van der Waals surface area contributed by atoms with Crippen molar-refractivity contribution in [3.8, 4) is 0 Å². The second-order valence-corrected chi connectivity index (χ2v) is 14.8. The summed E-state index contributed by atoms with van der Waals surface area (Å²) < 4.78 is 72.3. The first-order valence-corrected chi connectivity index (χ1v) is 18.2. The molecule has 3 fully saturated rings. The molecular weight excluding hydrogens is 727 g/mol. The van der Waals surface area contributed by atoms with Crippen LogP contribution in [-0.4, -0.2) is 66.2 Å². The lowest BCUT2D eigenvalue weighted by Crippen LogP contribution is -2.47. The number of fused-ring (bicyclic) bond motifs is 2. The van der Waals surface area contributed by atoms with Crippen molar-refractivity contribution in [3.05, 3.63) is 87.7 Å². The van der Waals surface area contributed by atoms with Crippen LogP contribution in [0.2, 0.25) is 0 Å². The lowest BCUT2D eigenvalue weighted by molar-refractivity contribution is -0.141. The number of rotatable bonds is 8. The molecule has 2 saturated heterocycles. The van der Waals surface area contributed by atoms with Crippen molar-refractivity contribution in [2.45, 2.75) is 69.1 Å². The summed E-state index contributed by atoms with van der Waals surface area (Å²) in [5, 5.41) is 9.75. The van der Waals surface area contributed by atoms with Gasteiger partial charge < -0.3 is 10.2 Å². The van der Waals surface area contributed by atoms with Crippen LogP contribution >= 0.6 is 0 Å². The maximum atomic E-state index is 14.1. The number of likely N-dealkylation sites (tertiary alicyclic amines) is 1. The maximum Gasteiger partial charge on any atom is 0.433 e. The molecule has 1 saturated carbocycles. The summed E-state index contributed by atoms with van der Waals surface area (Å²) in [5.74, 6) is -1.05. The summed E-state index contributed by atoms with van der Waals surface area (Å²) in [5.41, 5.74) is 0.0275. The van der Waals surface area contributed by atoms with Crippen LogP contribution in [-0.2, 0) is 22.8 Å². The molecule has 0 spiro atoms.